The zero-order chi connectivity index (χ0) is 17.8. The molecule has 1 rings (SSSR count). The van der Waals surface area contributed by atoms with Crippen molar-refractivity contribution in [1.82, 2.24) is 9.80 Å². The molecule has 0 N–H and O–H groups in total. The summed E-state index contributed by atoms with van der Waals surface area (Å²) in [5, 5.41) is 0. The Balaban J connectivity index is 2.96. The molecule has 0 aromatic carbocycles. The lowest BCUT2D eigenvalue weighted by atomic mass is 10.1. The van der Waals surface area contributed by atoms with Crippen molar-refractivity contribution in [2.75, 3.05) is 27.2 Å². The third kappa shape index (κ3) is 6.12. The summed E-state index contributed by atoms with van der Waals surface area (Å²) in [4.78, 5) is 28.2. The zero-order valence-corrected chi connectivity index (χ0v) is 15.4. The smallest absolute Gasteiger partial charge is 0.411 e. The fourth-order valence-electron chi connectivity index (χ4n) is 2.31. The maximum Gasteiger partial charge on any atom is 0.411 e. The standard InChI is InChI=1S/C17H30N2O4/c1-12(2)11-22-15(20)14-13(10-18(6)7)8-9-19(14)16(21)23-17(3,4)5/h10,12,14H,8-9,11H2,1-7H3/b13-10-/t14-/m0/s1. The van der Waals surface area contributed by atoms with Crippen LogP contribution >= 0.6 is 0 Å². The van der Waals surface area contributed by atoms with Gasteiger partial charge in [-0.05, 0) is 38.7 Å². The van der Waals surface area contributed by atoms with E-state index in [1.807, 2.05) is 59.8 Å². The van der Waals surface area contributed by atoms with Gasteiger partial charge in [-0.2, -0.15) is 0 Å². The van der Waals surface area contributed by atoms with Gasteiger partial charge in [0.1, 0.15) is 5.60 Å². The molecule has 0 radical (unpaired) electrons. The predicted octanol–water partition coefficient (Wildman–Crippen LogP) is 2.64. The van der Waals surface area contributed by atoms with Gasteiger partial charge < -0.3 is 14.4 Å². The number of rotatable bonds is 4. The lowest BCUT2D eigenvalue weighted by Gasteiger charge is -2.28. The van der Waals surface area contributed by atoms with Crippen molar-refractivity contribution in [3.8, 4) is 0 Å². The van der Waals surface area contributed by atoms with Crippen LogP contribution in [0.4, 0.5) is 4.79 Å². The largest absolute Gasteiger partial charge is 0.464 e. The molecule has 1 aliphatic rings. The Labute approximate surface area is 139 Å². The molecule has 0 saturated carbocycles. The van der Waals surface area contributed by atoms with E-state index in [1.54, 1.807) is 0 Å². The van der Waals surface area contributed by atoms with E-state index in [1.165, 1.54) is 4.90 Å². The second kappa shape index (κ2) is 7.70. The molecule has 6 nitrogen and oxygen atoms in total. The Kier molecular flexibility index (Phi) is 6.47. The summed E-state index contributed by atoms with van der Waals surface area (Å²) in [6.45, 7) is 10.2. The van der Waals surface area contributed by atoms with E-state index in [9.17, 15) is 9.59 Å². The lowest BCUT2D eigenvalue weighted by molar-refractivity contribution is -0.148. The van der Waals surface area contributed by atoms with Gasteiger partial charge in [0.25, 0.3) is 0 Å². The summed E-state index contributed by atoms with van der Waals surface area (Å²) >= 11 is 0. The molecule has 0 aromatic heterocycles. The molecule has 1 heterocycles. The Bertz CT molecular complexity index is 464. The third-order valence-electron chi connectivity index (χ3n) is 3.14. The Hall–Kier alpha value is -1.72. The SMILES string of the molecule is CC(C)COC(=O)[C@@H]1/C(=C\N(C)C)CCN1C(=O)OC(C)(C)C. The van der Waals surface area contributed by atoms with Crippen LogP contribution in [-0.4, -0.2) is 60.8 Å². The van der Waals surface area contributed by atoms with Crippen LogP contribution in [0.15, 0.2) is 11.8 Å². The summed E-state index contributed by atoms with van der Waals surface area (Å²) in [5.74, 6) is -0.147. The molecule has 1 fully saturated rings. The zero-order valence-electron chi connectivity index (χ0n) is 15.4. The maximum absolute atomic E-state index is 12.5. The van der Waals surface area contributed by atoms with Crippen LogP contribution in [0.3, 0.4) is 0 Å². The number of carbonyl (C=O) groups is 2. The minimum absolute atomic E-state index is 0.247. The highest BCUT2D eigenvalue weighted by Gasteiger charge is 2.41. The molecule has 0 aliphatic carbocycles. The van der Waals surface area contributed by atoms with Crippen molar-refractivity contribution in [1.29, 1.82) is 0 Å². The van der Waals surface area contributed by atoms with Crippen molar-refractivity contribution in [3.63, 3.8) is 0 Å². The minimum Gasteiger partial charge on any atom is -0.464 e. The molecule has 1 amide bonds. The van der Waals surface area contributed by atoms with Gasteiger partial charge in [-0.1, -0.05) is 13.8 Å². The summed E-state index contributed by atoms with van der Waals surface area (Å²) in [6.07, 6.45) is 2.04. The molecule has 0 bridgehead atoms. The first-order valence-electron chi connectivity index (χ1n) is 8.04. The van der Waals surface area contributed by atoms with Crippen LogP contribution in [0.2, 0.25) is 0 Å². The van der Waals surface area contributed by atoms with Crippen LogP contribution < -0.4 is 0 Å². The van der Waals surface area contributed by atoms with Gasteiger partial charge in [-0.3, -0.25) is 4.90 Å². The van der Waals surface area contributed by atoms with Gasteiger partial charge in [-0.15, -0.1) is 0 Å². The van der Waals surface area contributed by atoms with E-state index in [0.29, 0.717) is 19.6 Å². The van der Waals surface area contributed by atoms with Crippen LogP contribution in [0, 0.1) is 5.92 Å². The lowest BCUT2D eigenvalue weighted by Crippen LogP contribution is -2.45. The molecule has 0 spiro atoms. The Morgan fingerprint density at radius 2 is 1.96 bits per heavy atom. The van der Waals surface area contributed by atoms with Gasteiger partial charge in [0.2, 0.25) is 0 Å². The van der Waals surface area contributed by atoms with Gasteiger partial charge in [0, 0.05) is 26.8 Å². The number of esters is 1. The van der Waals surface area contributed by atoms with Crippen LogP contribution in [0.5, 0.6) is 0 Å². The second-order valence-corrected chi connectivity index (χ2v) is 7.52. The van der Waals surface area contributed by atoms with E-state index in [4.69, 9.17) is 9.47 Å². The van der Waals surface area contributed by atoms with Gasteiger partial charge >= 0.3 is 12.1 Å². The molecular weight excluding hydrogens is 296 g/mol. The van der Waals surface area contributed by atoms with Crippen LogP contribution in [0.25, 0.3) is 0 Å². The summed E-state index contributed by atoms with van der Waals surface area (Å²) < 4.78 is 10.8. The summed E-state index contributed by atoms with van der Waals surface area (Å²) in [5.41, 5.74) is 0.270. The fraction of sp³-hybridized carbons (Fsp3) is 0.765. The molecular formula is C17H30N2O4. The van der Waals surface area contributed by atoms with E-state index < -0.39 is 23.7 Å². The molecule has 1 atom stereocenters. The Morgan fingerprint density at radius 1 is 1.35 bits per heavy atom. The highest BCUT2D eigenvalue weighted by atomic mass is 16.6. The van der Waals surface area contributed by atoms with Gasteiger partial charge in [0.05, 0.1) is 6.61 Å². The normalized spacial score (nSPS) is 20.1. The van der Waals surface area contributed by atoms with Crippen molar-refractivity contribution < 1.29 is 19.1 Å². The molecule has 23 heavy (non-hydrogen) atoms. The fourth-order valence-corrected chi connectivity index (χ4v) is 2.31. The molecule has 1 aliphatic heterocycles. The van der Waals surface area contributed by atoms with Crippen molar-refractivity contribution in [3.05, 3.63) is 11.8 Å². The van der Waals surface area contributed by atoms with Gasteiger partial charge in [0.15, 0.2) is 6.04 Å². The predicted molar refractivity (Wildman–Crippen MR) is 88.9 cm³/mol. The molecule has 0 unspecified atom stereocenters. The van der Waals surface area contributed by atoms with E-state index in [0.717, 1.165) is 5.57 Å². The Morgan fingerprint density at radius 3 is 2.43 bits per heavy atom. The molecule has 132 valence electrons. The average molecular weight is 326 g/mol. The quantitative estimate of drug-likeness (QED) is 0.743. The first-order valence-corrected chi connectivity index (χ1v) is 8.04. The number of hydrogen-bond donors (Lipinski definition) is 0. The summed E-state index contributed by atoms with van der Waals surface area (Å²) in [7, 11) is 3.78. The van der Waals surface area contributed by atoms with Crippen molar-refractivity contribution in [2.45, 2.75) is 52.7 Å². The van der Waals surface area contributed by atoms with Crippen molar-refractivity contribution in [2.24, 2.45) is 5.92 Å². The maximum atomic E-state index is 12.5. The van der Waals surface area contributed by atoms with Gasteiger partial charge in [-0.25, -0.2) is 9.59 Å². The molecule has 0 aromatic rings. The second-order valence-electron chi connectivity index (χ2n) is 7.52. The van der Waals surface area contributed by atoms with E-state index in [2.05, 4.69) is 0 Å². The number of hydrogen-bond acceptors (Lipinski definition) is 5. The topological polar surface area (TPSA) is 59.1 Å². The third-order valence-corrected chi connectivity index (χ3v) is 3.14. The number of nitrogens with zero attached hydrogens (tertiary/aromatic N) is 2. The first kappa shape index (κ1) is 19.3. The van der Waals surface area contributed by atoms with E-state index >= 15 is 0 Å². The average Bonchev–Trinajstić information content (AvgIpc) is 2.76. The van der Waals surface area contributed by atoms with Crippen LogP contribution in [-0.2, 0) is 14.3 Å². The van der Waals surface area contributed by atoms with Crippen LogP contribution in [0.1, 0.15) is 41.0 Å². The highest BCUT2D eigenvalue weighted by Crippen LogP contribution is 2.27. The van der Waals surface area contributed by atoms with Crippen molar-refractivity contribution >= 4 is 12.1 Å². The monoisotopic (exact) mass is 326 g/mol. The number of carbonyl (C=O) groups excluding carboxylic acids is 2. The molecule has 6 heteroatoms. The number of likely N-dealkylation sites (tertiary alicyclic amines) is 1. The highest BCUT2D eigenvalue weighted by molar-refractivity contribution is 5.85. The molecule has 1 saturated heterocycles. The first-order chi connectivity index (χ1) is 10.5. The van der Waals surface area contributed by atoms with E-state index in [-0.39, 0.29) is 5.92 Å². The minimum atomic E-state index is -0.703. The number of ether oxygens (including phenoxy) is 2. The number of amides is 1. The summed E-state index contributed by atoms with van der Waals surface area (Å²) in [6, 6.07) is -0.703.